The molecule has 6 atom stereocenters. The molecule has 23 heavy (non-hydrogen) atoms. The average molecular weight is 324 g/mol. The molecule has 0 aromatic carbocycles. The second-order valence-corrected chi connectivity index (χ2v) is 8.16. The zero-order valence-electron chi connectivity index (χ0n) is 22.8. The lowest BCUT2D eigenvalue weighted by molar-refractivity contribution is -0.128. The lowest BCUT2D eigenvalue weighted by Gasteiger charge is -2.58. The van der Waals surface area contributed by atoms with Gasteiger partial charge in [-0.25, -0.2) is 0 Å². The van der Waals surface area contributed by atoms with Gasteiger partial charge in [-0.05, 0) is 86.4 Å². The number of Topliss-reactive ketones (excluding diaryl/α,β-unsaturated/α-hetero) is 1. The number of hydrogen-bond acceptors (Lipinski definition) is 2. The van der Waals surface area contributed by atoms with Crippen molar-refractivity contribution in [3.8, 4) is 0 Å². The highest BCUT2D eigenvalue weighted by atomic mass is 16.1. The minimum Gasteiger partial charge on any atom is -0.300 e. The lowest BCUT2D eigenvalue weighted by atomic mass is 9.47. The topological polar surface area (TPSA) is 34.1 Å². The van der Waals surface area contributed by atoms with Crippen LogP contribution in [0.1, 0.15) is 84.3 Å². The lowest BCUT2D eigenvalue weighted by Crippen LogP contribution is -2.51. The summed E-state index contributed by atoms with van der Waals surface area (Å²) < 4.78 is 74.1. The van der Waals surface area contributed by atoms with E-state index in [0.29, 0.717) is 19.3 Å². The Labute approximate surface area is 152 Å². The Hall–Kier alpha value is -0.920. The van der Waals surface area contributed by atoms with Gasteiger partial charge in [0.2, 0.25) is 0 Å². The summed E-state index contributed by atoms with van der Waals surface area (Å²) in [6.45, 7) is 0.675. The first-order chi connectivity index (χ1) is 14.3. The zero-order chi connectivity index (χ0) is 24.3. The Balaban J connectivity index is 1.81. The smallest absolute Gasteiger partial charge is 0.155 e. The highest BCUT2D eigenvalue weighted by molar-refractivity contribution is 5.91. The fourth-order valence-corrected chi connectivity index (χ4v) is 5.98. The maximum Gasteiger partial charge on any atom is 0.155 e. The molecule has 0 bridgehead atoms. The molecule has 0 saturated heterocycles. The molecular weight excluding hydrogens is 284 g/mol. The van der Waals surface area contributed by atoms with Crippen molar-refractivity contribution < 1.29 is 21.9 Å². The molecule has 4 aliphatic carbocycles. The fourth-order valence-electron chi connectivity index (χ4n) is 5.98. The van der Waals surface area contributed by atoms with Gasteiger partial charge in [-0.3, -0.25) is 9.59 Å². The van der Waals surface area contributed by atoms with Gasteiger partial charge in [0.15, 0.2) is 5.78 Å². The second kappa shape index (κ2) is 5.04. The third kappa shape index (κ3) is 2.06. The molecule has 0 radical (unpaired) electrons. The molecule has 0 spiro atoms. The van der Waals surface area contributed by atoms with Crippen LogP contribution in [0.5, 0.6) is 0 Å². The van der Waals surface area contributed by atoms with Gasteiger partial charge in [-0.2, -0.15) is 0 Å². The standard InChI is InChI=1S/C21H30O2/c1-13(22)17-6-7-18-16-5-4-14-12-15(23)8-10-20(14,2)19(16)9-11-21(17,18)3/h12,16-19H,4-11H2,1-3H3/t16-,17-,18-,19-,20-,21+/m0/s1/i1D3,4D2,8D2,12D,17D. The van der Waals surface area contributed by atoms with Gasteiger partial charge in [0, 0.05) is 23.2 Å². The Morgan fingerprint density at radius 2 is 2.09 bits per heavy atom. The van der Waals surface area contributed by atoms with Crippen LogP contribution in [0, 0.1) is 34.5 Å². The first-order valence-corrected chi connectivity index (χ1v) is 8.64. The van der Waals surface area contributed by atoms with Gasteiger partial charge in [0.1, 0.15) is 5.78 Å². The molecule has 3 fully saturated rings. The predicted octanol–water partition coefficient (Wildman–Crippen LogP) is 4.72. The number of hydrogen-bond donors (Lipinski definition) is 0. The molecule has 4 rings (SSSR count). The molecule has 0 N–H and O–H groups in total. The maximum atomic E-state index is 12.8. The third-order valence-corrected chi connectivity index (χ3v) is 7.25. The first-order valence-electron chi connectivity index (χ1n) is 13.1. The molecule has 0 aromatic heterocycles. The van der Waals surface area contributed by atoms with Crippen LogP contribution in [0.2, 0.25) is 0 Å². The SMILES string of the molecule is [2H]C1=C2C([2H])([2H])C[C@@H]3[C@H](CC[C@@]4(C)[C@H]3CC[C@@]4([2H])C(=O)C([2H])([2H])[2H])[C@@]2(C)CC([2H])([2H])C1=O. The molecule has 2 heteroatoms. The average Bonchev–Trinajstić information content (AvgIpc) is 2.89. The van der Waals surface area contributed by atoms with E-state index in [0.717, 1.165) is 0 Å². The van der Waals surface area contributed by atoms with E-state index >= 15 is 0 Å². The van der Waals surface area contributed by atoms with E-state index in [-0.39, 0.29) is 42.6 Å². The first kappa shape index (κ1) is 8.45. The van der Waals surface area contributed by atoms with Crippen molar-refractivity contribution in [1.29, 1.82) is 0 Å². The van der Waals surface area contributed by atoms with Crippen molar-refractivity contribution in [2.24, 2.45) is 34.5 Å². The molecule has 2 nitrogen and oxygen atoms in total. The van der Waals surface area contributed by atoms with E-state index in [1.54, 1.807) is 13.8 Å². The molecule has 0 unspecified atom stereocenters. The summed E-state index contributed by atoms with van der Waals surface area (Å²) in [6.07, 6.45) is -2.98. The van der Waals surface area contributed by atoms with E-state index in [1.165, 1.54) is 0 Å². The molecule has 4 aliphatic rings. The zero-order valence-corrected chi connectivity index (χ0v) is 13.8. The van der Waals surface area contributed by atoms with Crippen LogP contribution in [0.25, 0.3) is 0 Å². The number of carbonyl (C=O) groups excluding carboxylic acids is 2. The van der Waals surface area contributed by atoms with E-state index in [2.05, 4.69) is 0 Å². The van der Waals surface area contributed by atoms with Crippen LogP contribution >= 0.6 is 0 Å². The number of carbonyl (C=O) groups is 2. The summed E-state index contributed by atoms with van der Waals surface area (Å²) in [7, 11) is 0. The quantitative estimate of drug-likeness (QED) is 0.699. The van der Waals surface area contributed by atoms with E-state index < -0.39 is 53.9 Å². The van der Waals surface area contributed by atoms with Crippen LogP contribution in [-0.4, -0.2) is 11.6 Å². The number of rotatable bonds is 1. The van der Waals surface area contributed by atoms with Crippen molar-refractivity contribution in [3.05, 3.63) is 11.6 Å². The molecule has 0 heterocycles. The van der Waals surface area contributed by atoms with Crippen molar-refractivity contribution >= 4 is 11.6 Å². The minimum absolute atomic E-state index is 0.0273. The molecule has 3 saturated carbocycles. The summed E-state index contributed by atoms with van der Waals surface area (Å²) in [4.78, 5) is 25.3. The summed E-state index contributed by atoms with van der Waals surface area (Å²) in [5, 5.41) is 0. The van der Waals surface area contributed by atoms with Crippen molar-refractivity contribution in [2.75, 3.05) is 0 Å². The van der Waals surface area contributed by atoms with Crippen LogP contribution in [0.15, 0.2) is 11.6 Å². The van der Waals surface area contributed by atoms with Crippen LogP contribution < -0.4 is 0 Å². The van der Waals surface area contributed by atoms with Crippen LogP contribution in [0.3, 0.4) is 0 Å². The monoisotopic (exact) mass is 323 g/mol. The Kier molecular flexibility index (Phi) is 1.85. The largest absolute Gasteiger partial charge is 0.300 e. The summed E-state index contributed by atoms with van der Waals surface area (Å²) in [5.41, 5.74) is -1.85. The molecule has 0 amide bonds. The molecule has 126 valence electrons. The summed E-state index contributed by atoms with van der Waals surface area (Å²) >= 11 is 0. The molecular formula is C21H30O2. The van der Waals surface area contributed by atoms with Gasteiger partial charge in [-0.15, -0.1) is 0 Å². The van der Waals surface area contributed by atoms with E-state index in [9.17, 15) is 9.59 Å². The highest BCUT2D eigenvalue weighted by Crippen LogP contribution is 2.66. The van der Waals surface area contributed by atoms with Crippen molar-refractivity contribution in [2.45, 2.75) is 72.0 Å². The highest BCUT2D eigenvalue weighted by Gasteiger charge is 2.59. The van der Waals surface area contributed by atoms with E-state index in [4.69, 9.17) is 12.3 Å². The second-order valence-electron chi connectivity index (χ2n) is 8.16. The van der Waals surface area contributed by atoms with Crippen molar-refractivity contribution in [3.63, 3.8) is 0 Å². The normalized spacial score (nSPS) is 63.3. The predicted molar refractivity (Wildman–Crippen MR) is 90.9 cm³/mol. The minimum atomic E-state index is -2.88. The van der Waals surface area contributed by atoms with Gasteiger partial charge in [0.05, 0.1) is 1.37 Å². The van der Waals surface area contributed by atoms with Crippen molar-refractivity contribution in [1.82, 2.24) is 0 Å². The fraction of sp³-hybridized carbons (Fsp3) is 0.810. The number of fused-ring (bicyclic) bond motifs is 5. The summed E-state index contributed by atoms with van der Waals surface area (Å²) in [6, 6.07) is -0.556. The molecule has 0 aliphatic heterocycles. The Morgan fingerprint density at radius 1 is 1.26 bits per heavy atom. The van der Waals surface area contributed by atoms with Crippen LogP contribution in [0.4, 0.5) is 0 Å². The van der Waals surface area contributed by atoms with Gasteiger partial charge in [-0.1, -0.05) is 19.4 Å². The van der Waals surface area contributed by atoms with Crippen LogP contribution in [-0.2, 0) is 9.59 Å². The molecule has 0 aromatic rings. The van der Waals surface area contributed by atoms with Gasteiger partial charge < -0.3 is 0 Å². The Bertz CT molecular complexity index is 923. The Morgan fingerprint density at radius 3 is 2.87 bits per heavy atom. The van der Waals surface area contributed by atoms with E-state index in [1.807, 2.05) is 0 Å². The number of allylic oxidation sites excluding steroid dienone is 1. The summed E-state index contributed by atoms with van der Waals surface area (Å²) in [5.74, 6) is -4.53. The van der Waals surface area contributed by atoms with Gasteiger partial charge >= 0.3 is 0 Å². The maximum absolute atomic E-state index is 12.8. The third-order valence-electron chi connectivity index (χ3n) is 7.25. The van der Waals surface area contributed by atoms with Gasteiger partial charge in [0.25, 0.3) is 0 Å². The number of ketones is 2.